The molecule has 7 nitrogen and oxygen atoms in total. The Kier molecular flexibility index (Phi) is 10.3. The maximum Gasteiger partial charge on any atom is 0.310 e. The van der Waals surface area contributed by atoms with Crippen molar-refractivity contribution in [2.45, 2.75) is 88.8 Å². The monoisotopic (exact) mass is 596 g/mol. The number of allylic oxidation sites excluding steroid dienone is 1. The molecule has 1 N–H and O–H groups in total. The number of likely N-dealkylation sites (tertiary alicyclic amines) is 1. The Balaban J connectivity index is 1.79. The largest absolute Gasteiger partial charge is 0.465 e. The van der Waals surface area contributed by atoms with E-state index in [9.17, 15) is 19.5 Å². The molecule has 2 bridgehead atoms. The lowest BCUT2D eigenvalue weighted by Crippen LogP contribution is -2.59. The summed E-state index contributed by atoms with van der Waals surface area (Å²) in [6, 6.07) is 4.59. The summed E-state index contributed by atoms with van der Waals surface area (Å²) < 4.78 is 4.98. The molecule has 2 amide bonds. The van der Waals surface area contributed by atoms with Crippen LogP contribution in [0.2, 0.25) is 0 Å². The first-order chi connectivity index (χ1) is 20.0. The van der Waals surface area contributed by atoms with Crippen LogP contribution in [0.15, 0.2) is 43.5 Å². The van der Waals surface area contributed by atoms with Gasteiger partial charge in [0.2, 0.25) is 5.91 Å². The Labute approximate surface area is 255 Å². The number of aliphatic hydroxyl groups is 1. The van der Waals surface area contributed by atoms with Crippen LogP contribution in [0.1, 0.15) is 64.0 Å². The summed E-state index contributed by atoms with van der Waals surface area (Å²) in [6.45, 7) is 18.2. The van der Waals surface area contributed by atoms with Crippen molar-refractivity contribution < 1.29 is 24.2 Å². The number of anilines is 1. The van der Waals surface area contributed by atoms with Gasteiger partial charge in [-0.3, -0.25) is 14.4 Å². The van der Waals surface area contributed by atoms with Crippen molar-refractivity contribution in [1.82, 2.24) is 4.90 Å². The molecule has 42 heavy (non-hydrogen) atoms. The molecular weight excluding hydrogens is 548 g/mol. The highest BCUT2D eigenvalue weighted by Crippen LogP contribution is 2.69. The van der Waals surface area contributed by atoms with Crippen LogP contribution < -0.4 is 4.90 Å². The number of ether oxygens (including phenoxy) is 1. The van der Waals surface area contributed by atoms with E-state index in [4.69, 9.17) is 4.74 Å². The number of hydrogen-bond donors (Lipinski definition) is 1. The predicted molar refractivity (Wildman–Crippen MR) is 169 cm³/mol. The molecule has 3 aliphatic rings. The first-order valence-electron chi connectivity index (χ1n) is 15.4. The number of para-hydroxylation sites is 1. The molecular formula is C34H48N2O5S. The third-order valence-corrected chi connectivity index (χ3v) is 11.4. The molecule has 3 unspecified atom stereocenters. The molecule has 8 heteroatoms. The second-order valence-corrected chi connectivity index (χ2v) is 14.2. The van der Waals surface area contributed by atoms with E-state index in [1.165, 1.54) is 0 Å². The molecule has 3 fully saturated rings. The van der Waals surface area contributed by atoms with E-state index < -0.39 is 28.7 Å². The van der Waals surface area contributed by atoms with Crippen molar-refractivity contribution in [3.8, 4) is 0 Å². The van der Waals surface area contributed by atoms with Crippen molar-refractivity contribution in [3.63, 3.8) is 0 Å². The normalized spacial score (nSPS) is 28.6. The topological polar surface area (TPSA) is 87.2 Å². The van der Waals surface area contributed by atoms with Gasteiger partial charge in [-0.2, -0.15) is 0 Å². The van der Waals surface area contributed by atoms with E-state index in [2.05, 4.69) is 33.9 Å². The first kappa shape index (κ1) is 32.3. The van der Waals surface area contributed by atoms with E-state index in [0.717, 1.165) is 42.5 Å². The van der Waals surface area contributed by atoms with Gasteiger partial charge in [0.1, 0.15) is 6.04 Å². The van der Waals surface area contributed by atoms with E-state index in [1.807, 2.05) is 38.1 Å². The summed E-state index contributed by atoms with van der Waals surface area (Å²) in [5.41, 5.74) is 2.75. The quantitative estimate of drug-likeness (QED) is 0.174. The lowest BCUT2D eigenvalue weighted by atomic mass is 9.66. The van der Waals surface area contributed by atoms with Gasteiger partial charge in [-0.15, -0.1) is 24.9 Å². The summed E-state index contributed by atoms with van der Waals surface area (Å²) in [5.74, 6) is -1.77. The SMILES string of the molecule is C=CCCCCOC(=O)[C@@H]1[C@@H]2CC(C)C3(S2)C(C(=O)N(CC=C)c2c(C)cccc2C)N([C@@H](CO)CC(C)C)C(=O)[C@H]13. The summed E-state index contributed by atoms with van der Waals surface area (Å²) in [7, 11) is 0. The molecule has 3 saturated heterocycles. The van der Waals surface area contributed by atoms with Crippen LogP contribution in [0.4, 0.5) is 5.69 Å². The maximum atomic E-state index is 15.0. The third-order valence-electron chi connectivity index (χ3n) is 9.37. The average Bonchev–Trinajstić information content (AvgIpc) is 3.54. The highest BCUT2D eigenvalue weighted by molar-refractivity contribution is 8.02. The third kappa shape index (κ3) is 5.57. The van der Waals surface area contributed by atoms with Crippen LogP contribution in [0, 0.1) is 37.5 Å². The second kappa shape index (κ2) is 13.4. The van der Waals surface area contributed by atoms with Gasteiger partial charge in [-0.05, 0) is 68.9 Å². The molecule has 0 saturated carbocycles. The molecule has 4 rings (SSSR count). The second-order valence-electron chi connectivity index (χ2n) is 12.7. The molecule has 1 spiro atoms. The summed E-state index contributed by atoms with van der Waals surface area (Å²) in [5, 5.41) is 10.5. The molecule has 3 heterocycles. The van der Waals surface area contributed by atoms with E-state index in [-0.39, 0.29) is 48.0 Å². The summed E-state index contributed by atoms with van der Waals surface area (Å²) in [4.78, 5) is 46.6. The minimum absolute atomic E-state index is 0.0268. The Morgan fingerprint density at radius 3 is 2.50 bits per heavy atom. The smallest absolute Gasteiger partial charge is 0.310 e. The van der Waals surface area contributed by atoms with Gasteiger partial charge in [0.05, 0.1) is 35.8 Å². The van der Waals surface area contributed by atoms with E-state index in [1.54, 1.807) is 27.6 Å². The molecule has 0 aliphatic carbocycles. The number of benzene rings is 1. The van der Waals surface area contributed by atoms with Crippen molar-refractivity contribution >= 4 is 35.2 Å². The fourth-order valence-corrected chi connectivity index (χ4v) is 10.1. The highest BCUT2D eigenvalue weighted by atomic mass is 32.2. The zero-order valence-corrected chi connectivity index (χ0v) is 26.7. The van der Waals surface area contributed by atoms with Gasteiger partial charge in [0.25, 0.3) is 5.91 Å². The molecule has 0 aromatic heterocycles. The number of thioether (sulfide) groups is 1. The van der Waals surface area contributed by atoms with Crippen LogP contribution >= 0.6 is 11.8 Å². The Bertz CT molecular complexity index is 1180. The number of aryl methyl sites for hydroxylation is 2. The standard InChI is InChI=1S/C34H48N2O5S/c1-8-10-11-12-17-41-33(40)27-26-19-24(7)34(42-26)28(27)31(38)36(25(20-37)18-21(3)4)30(34)32(39)35(16-9-2)29-22(5)14-13-15-23(29)6/h8-9,13-15,21,24-28,30,37H,1-2,10-12,16-20H2,3-7H3/t24?,25-,26+,27-,28+,30?,34?/m1/s1. The minimum atomic E-state index is -0.819. The fourth-order valence-electron chi connectivity index (χ4n) is 7.68. The average molecular weight is 597 g/mol. The number of unbranched alkanes of at least 4 members (excludes halogenated alkanes) is 2. The van der Waals surface area contributed by atoms with Crippen molar-refractivity contribution in [1.29, 1.82) is 0 Å². The summed E-state index contributed by atoms with van der Waals surface area (Å²) >= 11 is 1.64. The molecule has 230 valence electrons. The number of fused-ring (bicyclic) bond motifs is 1. The zero-order chi connectivity index (χ0) is 30.8. The first-order valence-corrected chi connectivity index (χ1v) is 16.3. The van der Waals surface area contributed by atoms with Gasteiger partial charge in [0, 0.05) is 17.5 Å². The van der Waals surface area contributed by atoms with Gasteiger partial charge in [-0.25, -0.2) is 0 Å². The van der Waals surface area contributed by atoms with Crippen LogP contribution in [0.5, 0.6) is 0 Å². The number of carbonyl (C=O) groups is 3. The van der Waals surface area contributed by atoms with Crippen LogP contribution in [-0.4, -0.2) is 69.6 Å². The number of nitrogens with zero attached hydrogens (tertiary/aromatic N) is 2. The van der Waals surface area contributed by atoms with Gasteiger partial charge >= 0.3 is 5.97 Å². The molecule has 1 aromatic carbocycles. The van der Waals surface area contributed by atoms with Gasteiger partial charge in [0.15, 0.2) is 0 Å². The van der Waals surface area contributed by atoms with Crippen molar-refractivity contribution in [2.75, 3.05) is 24.7 Å². The predicted octanol–water partition coefficient (Wildman–Crippen LogP) is 5.47. The number of rotatable bonds is 14. The van der Waals surface area contributed by atoms with Gasteiger partial charge < -0.3 is 19.6 Å². The van der Waals surface area contributed by atoms with Crippen molar-refractivity contribution in [3.05, 3.63) is 54.6 Å². The van der Waals surface area contributed by atoms with Crippen LogP contribution in [0.25, 0.3) is 0 Å². The number of esters is 1. The number of hydrogen-bond acceptors (Lipinski definition) is 6. The molecule has 7 atom stereocenters. The highest BCUT2D eigenvalue weighted by Gasteiger charge is 2.77. The number of amides is 2. The Hall–Kier alpha value is -2.58. The number of aliphatic hydroxyl groups excluding tert-OH is 1. The lowest BCUT2D eigenvalue weighted by Gasteiger charge is -2.42. The maximum absolute atomic E-state index is 15.0. The Morgan fingerprint density at radius 1 is 1.21 bits per heavy atom. The molecule has 1 aromatic rings. The zero-order valence-electron chi connectivity index (χ0n) is 25.9. The van der Waals surface area contributed by atoms with Gasteiger partial charge in [-0.1, -0.05) is 51.1 Å². The lowest BCUT2D eigenvalue weighted by molar-refractivity contribution is -0.155. The van der Waals surface area contributed by atoms with Crippen LogP contribution in [-0.2, 0) is 19.1 Å². The summed E-state index contributed by atoms with van der Waals surface area (Å²) in [6.07, 6.45) is 7.35. The van der Waals surface area contributed by atoms with E-state index in [0.29, 0.717) is 13.0 Å². The van der Waals surface area contributed by atoms with E-state index >= 15 is 0 Å². The minimum Gasteiger partial charge on any atom is -0.465 e. The van der Waals surface area contributed by atoms with Crippen LogP contribution in [0.3, 0.4) is 0 Å². The Morgan fingerprint density at radius 2 is 1.90 bits per heavy atom. The fraction of sp³-hybridized carbons (Fsp3) is 0.618. The molecule has 3 aliphatic heterocycles. The molecule has 0 radical (unpaired) electrons. The van der Waals surface area contributed by atoms with Crippen molar-refractivity contribution in [2.24, 2.45) is 23.7 Å². The number of carbonyl (C=O) groups excluding carboxylic acids is 3.